The smallest absolute Gasteiger partial charge is 0.481 e. The third-order valence-corrected chi connectivity index (χ3v) is 6.46. The number of piperidine rings is 1. The summed E-state index contributed by atoms with van der Waals surface area (Å²) < 4.78 is 77.8. The highest BCUT2D eigenvalue weighted by molar-refractivity contribution is 7.88. The molecule has 0 saturated carbocycles. The molecule has 3 rings (SSSR count). The van der Waals surface area contributed by atoms with Crippen molar-refractivity contribution in [1.82, 2.24) is 14.9 Å². The maximum Gasteiger partial charge on any atom is 0.534 e. The summed E-state index contributed by atoms with van der Waals surface area (Å²) in [6.07, 6.45) is 0.380. The van der Waals surface area contributed by atoms with E-state index in [1.54, 1.807) is 51.1 Å². The molecule has 1 aromatic carbocycles. The second-order valence-electron chi connectivity index (χ2n) is 9.80. The van der Waals surface area contributed by atoms with Gasteiger partial charge in [-0.25, -0.2) is 14.6 Å². The Morgan fingerprint density at radius 3 is 2.23 bits per heavy atom. The third-order valence-electron chi connectivity index (χ3n) is 5.52. The number of carbonyl (C=O) groups is 2. The van der Waals surface area contributed by atoms with Crippen molar-refractivity contribution in [1.29, 1.82) is 0 Å². The van der Waals surface area contributed by atoms with E-state index in [0.717, 1.165) is 0 Å². The van der Waals surface area contributed by atoms with Gasteiger partial charge in [0.1, 0.15) is 18.0 Å². The lowest BCUT2D eigenvalue weighted by Gasteiger charge is -2.33. The molecule has 2 heterocycles. The number of benzene rings is 1. The molecule has 1 saturated heterocycles. The molecule has 1 aliphatic rings. The number of hydrogen-bond donors (Lipinski definition) is 1. The number of carboxylic acids is 1. The predicted octanol–water partition coefficient (Wildman–Crippen LogP) is 4.17. The quantitative estimate of drug-likeness (QED) is 0.359. The van der Waals surface area contributed by atoms with Crippen LogP contribution in [-0.2, 0) is 27.9 Å². The van der Waals surface area contributed by atoms with Gasteiger partial charge in [-0.05, 0) is 45.1 Å². The summed E-state index contributed by atoms with van der Waals surface area (Å²) in [4.78, 5) is 33.5. The Morgan fingerprint density at radius 2 is 1.69 bits per heavy atom. The molecule has 1 aromatic heterocycles. The van der Waals surface area contributed by atoms with Crippen molar-refractivity contribution in [2.24, 2.45) is 5.92 Å². The summed E-state index contributed by atoms with van der Waals surface area (Å²) in [7, 11) is -6.20. The van der Waals surface area contributed by atoms with Gasteiger partial charge in [0.15, 0.2) is 5.69 Å². The number of aromatic nitrogens is 2. The van der Waals surface area contributed by atoms with Gasteiger partial charge >= 0.3 is 27.7 Å². The Labute approximate surface area is 223 Å². The Hall–Kier alpha value is -3.62. The molecule has 0 radical (unpaired) electrons. The van der Waals surface area contributed by atoms with Gasteiger partial charge in [-0.15, -0.1) is 0 Å². The van der Waals surface area contributed by atoms with Crippen LogP contribution in [0.5, 0.6) is 11.6 Å². The molecule has 1 amide bonds. The number of halogens is 3. The SMILES string of the molecule is CC(C)(C)OC(=O)N1CCC(Cc2nc(OS(=O)(=O)C(F)(F)F)c(OCc3ccccc3)c(C(=O)O)n2)CC1. The number of ether oxygens (including phenoxy) is 2. The van der Waals surface area contributed by atoms with Crippen molar-refractivity contribution < 1.29 is 49.9 Å². The highest BCUT2D eigenvalue weighted by atomic mass is 32.2. The van der Waals surface area contributed by atoms with Gasteiger partial charge in [0.2, 0.25) is 5.75 Å². The third kappa shape index (κ3) is 8.18. The van der Waals surface area contributed by atoms with E-state index in [-0.39, 0.29) is 24.8 Å². The molecule has 0 spiro atoms. The number of hydrogen-bond acceptors (Lipinski definition) is 9. The minimum atomic E-state index is -6.20. The lowest BCUT2D eigenvalue weighted by Crippen LogP contribution is -2.42. The fourth-order valence-corrected chi connectivity index (χ4v) is 4.10. The van der Waals surface area contributed by atoms with Crippen LogP contribution in [0.4, 0.5) is 18.0 Å². The highest BCUT2D eigenvalue weighted by Crippen LogP contribution is 2.35. The van der Waals surface area contributed by atoms with Gasteiger partial charge in [0.25, 0.3) is 5.88 Å². The standard InChI is InChI=1S/C24H28F3N3O8S/c1-23(2,3)37-22(33)30-11-9-15(10-12-30)13-17-28-18(21(31)32)19(36-14-16-7-5-4-6-8-16)20(29-17)38-39(34,35)24(25,26)27/h4-8,15H,9-14H2,1-3H3,(H,31,32). The summed E-state index contributed by atoms with van der Waals surface area (Å²) in [5.41, 5.74) is -6.81. The Balaban J connectivity index is 1.87. The molecule has 15 heteroatoms. The van der Waals surface area contributed by atoms with Crippen LogP contribution < -0.4 is 8.92 Å². The highest BCUT2D eigenvalue weighted by Gasteiger charge is 2.49. The number of nitrogens with zero attached hydrogens (tertiary/aromatic N) is 3. The molecule has 0 unspecified atom stereocenters. The lowest BCUT2D eigenvalue weighted by molar-refractivity contribution is -0.0502. The maximum absolute atomic E-state index is 13.1. The van der Waals surface area contributed by atoms with Gasteiger partial charge in [-0.2, -0.15) is 26.6 Å². The van der Waals surface area contributed by atoms with Crippen LogP contribution in [0.1, 0.15) is 55.5 Å². The molecule has 1 fully saturated rings. The van der Waals surface area contributed by atoms with E-state index < -0.39 is 50.6 Å². The monoisotopic (exact) mass is 575 g/mol. The molecular weight excluding hydrogens is 547 g/mol. The molecule has 39 heavy (non-hydrogen) atoms. The lowest BCUT2D eigenvalue weighted by atomic mass is 9.93. The molecule has 1 N–H and O–H groups in total. The normalized spacial score (nSPS) is 15.1. The Kier molecular flexibility index (Phi) is 8.93. The largest absolute Gasteiger partial charge is 0.534 e. The second-order valence-corrected chi connectivity index (χ2v) is 11.3. The van der Waals surface area contributed by atoms with Gasteiger partial charge in [-0.1, -0.05) is 30.3 Å². The van der Waals surface area contributed by atoms with E-state index >= 15 is 0 Å². The summed E-state index contributed by atoms with van der Waals surface area (Å²) in [5, 5.41) is 9.71. The van der Waals surface area contributed by atoms with Crippen LogP contribution in [0.15, 0.2) is 30.3 Å². The molecule has 214 valence electrons. The molecule has 0 bridgehead atoms. The van der Waals surface area contributed by atoms with Gasteiger partial charge in [-0.3, -0.25) is 0 Å². The van der Waals surface area contributed by atoms with E-state index in [0.29, 0.717) is 31.5 Å². The first-order valence-corrected chi connectivity index (χ1v) is 13.3. The van der Waals surface area contributed by atoms with Gasteiger partial charge in [0, 0.05) is 19.5 Å². The van der Waals surface area contributed by atoms with E-state index in [1.807, 2.05) is 0 Å². The van der Waals surface area contributed by atoms with Crippen molar-refractivity contribution in [2.45, 2.75) is 57.7 Å². The van der Waals surface area contributed by atoms with E-state index in [4.69, 9.17) is 9.47 Å². The zero-order chi connectivity index (χ0) is 29.0. The molecule has 0 atom stereocenters. The second kappa shape index (κ2) is 11.6. The summed E-state index contributed by atoms with van der Waals surface area (Å²) in [5.74, 6) is -4.16. The van der Waals surface area contributed by atoms with Crippen LogP contribution >= 0.6 is 0 Å². The van der Waals surface area contributed by atoms with Crippen molar-refractivity contribution >= 4 is 22.2 Å². The average Bonchev–Trinajstić information content (AvgIpc) is 2.82. The summed E-state index contributed by atoms with van der Waals surface area (Å²) in [6.45, 7) is 5.52. The summed E-state index contributed by atoms with van der Waals surface area (Å²) >= 11 is 0. The van der Waals surface area contributed by atoms with Crippen molar-refractivity contribution in [3.05, 3.63) is 47.4 Å². The number of rotatable bonds is 8. The van der Waals surface area contributed by atoms with E-state index in [9.17, 15) is 36.3 Å². The summed E-state index contributed by atoms with van der Waals surface area (Å²) in [6, 6.07) is 8.21. The number of amides is 1. The molecular formula is C24H28F3N3O8S. The Morgan fingerprint density at radius 1 is 1.08 bits per heavy atom. The van der Waals surface area contributed by atoms with Gasteiger partial charge in [0.05, 0.1) is 0 Å². The first-order chi connectivity index (χ1) is 18.1. The minimum absolute atomic E-state index is 0.0101. The zero-order valence-corrected chi connectivity index (χ0v) is 22.2. The molecule has 0 aliphatic carbocycles. The van der Waals surface area contributed by atoms with Crippen molar-refractivity contribution in [2.75, 3.05) is 13.1 Å². The van der Waals surface area contributed by atoms with Crippen LogP contribution in [0.25, 0.3) is 0 Å². The zero-order valence-electron chi connectivity index (χ0n) is 21.4. The van der Waals surface area contributed by atoms with Crippen LogP contribution in [0, 0.1) is 5.92 Å². The van der Waals surface area contributed by atoms with Gasteiger partial charge < -0.3 is 23.7 Å². The van der Waals surface area contributed by atoms with Crippen LogP contribution in [-0.4, -0.2) is 64.7 Å². The van der Waals surface area contributed by atoms with Crippen molar-refractivity contribution in [3.8, 4) is 11.6 Å². The number of likely N-dealkylation sites (tertiary alicyclic amines) is 1. The van der Waals surface area contributed by atoms with Crippen molar-refractivity contribution in [3.63, 3.8) is 0 Å². The number of carboxylic acid groups (broad SMARTS) is 1. The fraction of sp³-hybridized carbons (Fsp3) is 0.500. The first kappa shape index (κ1) is 29.9. The predicted molar refractivity (Wildman–Crippen MR) is 130 cm³/mol. The molecule has 2 aromatic rings. The fourth-order valence-electron chi connectivity index (χ4n) is 3.68. The van der Waals surface area contributed by atoms with E-state index in [1.165, 1.54) is 4.90 Å². The first-order valence-electron chi connectivity index (χ1n) is 11.9. The average molecular weight is 576 g/mol. The number of alkyl halides is 3. The van der Waals surface area contributed by atoms with E-state index in [2.05, 4.69) is 14.2 Å². The molecule has 1 aliphatic heterocycles. The topological polar surface area (TPSA) is 145 Å². The minimum Gasteiger partial charge on any atom is -0.481 e. The van der Waals surface area contributed by atoms with Crippen LogP contribution in [0.2, 0.25) is 0 Å². The Bertz CT molecular complexity index is 1290. The number of aromatic carboxylic acids is 1. The number of carbonyl (C=O) groups excluding carboxylic acids is 1. The maximum atomic E-state index is 13.1. The molecule has 11 nitrogen and oxygen atoms in total. The van der Waals surface area contributed by atoms with Crippen LogP contribution in [0.3, 0.4) is 0 Å².